The molecule has 0 amide bonds. The van der Waals surface area contributed by atoms with E-state index < -0.39 is 11.0 Å². The Bertz CT molecular complexity index is 236. The van der Waals surface area contributed by atoms with Crippen LogP contribution in [0.5, 0.6) is 0 Å². The third kappa shape index (κ3) is 1.33. The highest BCUT2D eigenvalue weighted by molar-refractivity contribution is 5.78. The first-order chi connectivity index (χ1) is 6.38. The minimum Gasteiger partial charge on any atom is -0.469 e. The molecule has 0 aliphatic carbocycles. The average molecular weight is 201 g/mol. The molecule has 1 saturated heterocycles. The van der Waals surface area contributed by atoms with Crippen LogP contribution in [-0.2, 0) is 9.53 Å². The van der Waals surface area contributed by atoms with Crippen LogP contribution < -0.4 is 5.32 Å². The molecule has 14 heavy (non-hydrogen) atoms. The van der Waals surface area contributed by atoms with Gasteiger partial charge in [0.25, 0.3) is 0 Å². The number of rotatable bonds is 3. The highest BCUT2D eigenvalue weighted by Gasteiger charge is 2.58. The molecule has 1 unspecified atom stereocenters. The van der Waals surface area contributed by atoms with Crippen LogP contribution in [0.25, 0.3) is 0 Å². The second kappa shape index (κ2) is 3.51. The van der Waals surface area contributed by atoms with E-state index in [9.17, 15) is 9.90 Å². The molecule has 1 aliphatic rings. The standard InChI is InChI=1S/C10H19NO3/c1-7(2)9(3,8(12)14-4)10(13)5-11-6-10/h7,11,13H,5-6H2,1-4H3. The summed E-state index contributed by atoms with van der Waals surface area (Å²) in [7, 11) is 1.36. The Morgan fingerprint density at radius 3 is 2.29 bits per heavy atom. The van der Waals surface area contributed by atoms with Gasteiger partial charge in [0, 0.05) is 13.1 Å². The first-order valence-corrected chi connectivity index (χ1v) is 4.90. The van der Waals surface area contributed by atoms with Gasteiger partial charge in [0.15, 0.2) is 0 Å². The first-order valence-electron chi connectivity index (χ1n) is 4.90. The molecule has 1 aliphatic heterocycles. The Morgan fingerprint density at radius 1 is 1.57 bits per heavy atom. The van der Waals surface area contributed by atoms with E-state index >= 15 is 0 Å². The summed E-state index contributed by atoms with van der Waals surface area (Å²) in [6.45, 7) is 6.53. The number of β-amino-alcohol motifs (C(OH)–C–C–N with tert-alkyl or cyclic N) is 1. The van der Waals surface area contributed by atoms with E-state index in [2.05, 4.69) is 5.32 Å². The summed E-state index contributed by atoms with van der Waals surface area (Å²) in [5.41, 5.74) is -1.79. The van der Waals surface area contributed by atoms with Gasteiger partial charge in [-0.25, -0.2) is 0 Å². The number of aliphatic hydroxyl groups is 1. The van der Waals surface area contributed by atoms with Crippen molar-refractivity contribution >= 4 is 5.97 Å². The molecule has 0 aromatic rings. The summed E-state index contributed by atoms with van der Waals surface area (Å²) >= 11 is 0. The van der Waals surface area contributed by atoms with E-state index in [1.807, 2.05) is 13.8 Å². The molecule has 0 aromatic heterocycles. The second-order valence-electron chi connectivity index (χ2n) is 4.48. The van der Waals surface area contributed by atoms with Gasteiger partial charge in [-0.1, -0.05) is 13.8 Å². The largest absolute Gasteiger partial charge is 0.469 e. The minimum absolute atomic E-state index is 0.0436. The number of carbonyl (C=O) groups is 1. The molecule has 0 aromatic carbocycles. The molecular formula is C10H19NO3. The van der Waals surface area contributed by atoms with Crippen LogP contribution in [-0.4, -0.2) is 36.9 Å². The van der Waals surface area contributed by atoms with Gasteiger partial charge in [-0.15, -0.1) is 0 Å². The molecule has 0 bridgehead atoms. The van der Waals surface area contributed by atoms with Crippen LogP contribution >= 0.6 is 0 Å². The smallest absolute Gasteiger partial charge is 0.314 e. The Morgan fingerprint density at radius 2 is 2.07 bits per heavy atom. The lowest BCUT2D eigenvalue weighted by Crippen LogP contribution is -2.71. The molecule has 2 N–H and O–H groups in total. The van der Waals surface area contributed by atoms with Crippen molar-refractivity contribution in [2.75, 3.05) is 20.2 Å². The molecule has 1 heterocycles. The lowest BCUT2D eigenvalue weighted by Gasteiger charge is -2.51. The molecule has 0 radical (unpaired) electrons. The number of nitrogens with one attached hydrogen (secondary N) is 1. The number of hydrogen-bond acceptors (Lipinski definition) is 4. The summed E-state index contributed by atoms with van der Waals surface area (Å²) in [4.78, 5) is 11.7. The normalized spacial score (nSPS) is 23.9. The van der Waals surface area contributed by atoms with Gasteiger partial charge in [0.05, 0.1) is 12.5 Å². The Hall–Kier alpha value is -0.610. The van der Waals surface area contributed by atoms with Gasteiger partial charge in [-0.05, 0) is 12.8 Å². The quantitative estimate of drug-likeness (QED) is 0.638. The van der Waals surface area contributed by atoms with E-state index in [1.165, 1.54) is 7.11 Å². The lowest BCUT2D eigenvalue weighted by molar-refractivity contribution is -0.186. The third-order valence-corrected chi connectivity index (χ3v) is 3.57. The van der Waals surface area contributed by atoms with Crippen molar-refractivity contribution in [1.29, 1.82) is 0 Å². The van der Waals surface area contributed by atoms with E-state index in [0.717, 1.165) is 0 Å². The van der Waals surface area contributed by atoms with E-state index in [4.69, 9.17) is 4.74 Å². The van der Waals surface area contributed by atoms with Crippen LogP contribution in [0.15, 0.2) is 0 Å². The summed E-state index contributed by atoms with van der Waals surface area (Å²) in [5.74, 6) is -0.293. The summed E-state index contributed by atoms with van der Waals surface area (Å²) in [6.07, 6.45) is 0. The van der Waals surface area contributed by atoms with Crippen molar-refractivity contribution in [2.24, 2.45) is 11.3 Å². The van der Waals surface area contributed by atoms with E-state index in [1.54, 1.807) is 6.92 Å². The number of hydrogen-bond donors (Lipinski definition) is 2. The highest BCUT2D eigenvalue weighted by atomic mass is 16.5. The summed E-state index contributed by atoms with van der Waals surface area (Å²) in [6, 6.07) is 0. The zero-order valence-electron chi connectivity index (χ0n) is 9.26. The highest BCUT2D eigenvalue weighted by Crippen LogP contribution is 2.42. The fourth-order valence-electron chi connectivity index (χ4n) is 1.90. The fourth-order valence-corrected chi connectivity index (χ4v) is 1.90. The van der Waals surface area contributed by atoms with Crippen LogP contribution in [0, 0.1) is 11.3 Å². The van der Waals surface area contributed by atoms with Crippen LogP contribution in [0.4, 0.5) is 0 Å². The lowest BCUT2D eigenvalue weighted by atomic mass is 9.63. The van der Waals surface area contributed by atoms with Crippen molar-refractivity contribution in [1.82, 2.24) is 5.32 Å². The molecule has 82 valence electrons. The average Bonchev–Trinajstić information content (AvgIpc) is 2.10. The predicted molar refractivity (Wildman–Crippen MR) is 52.8 cm³/mol. The Labute approximate surface area is 84.6 Å². The van der Waals surface area contributed by atoms with E-state index in [-0.39, 0.29) is 11.9 Å². The summed E-state index contributed by atoms with van der Waals surface area (Å²) < 4.78 is 4.77. The molecule has 1 atom stereocenters. The maximum absolute atomic E-state index is 11.7. The fraction of sp³-hybridized carbons (Fsp3) is 0.900. The zero-order chi connectivity index (χ0) is 11.0. The number of ether oxygens (including phenoxy) is 1. The van der Waals surface area contributed by atoms with Gasteiger partial charge < -0.3 is 15.2 Å². The SMILES string of the molecule is COC(=O)C(C)(C(C)C)C1(O)CNC1. The van der Waals surface area contributed by atoms with Crippen molar-refractivity contribution in [3.05, 3.63) is 0 Å². The predicted octanol–water partition coefficient (Wildman–Crippen LogP) is 0.156. The molecule has 4 nitrogen and oxygen atoms in total. The number of methoxy groups -OCH3 is 1. The number of carbonyl (C=O) groups excluding carboxylic acids is 1. The van der Waals surface area contributed by atoms with Gasteiger partial charge in [-0.2, -0.15) is 0 Å². The zero-order valence-corrected chi connectivity index (χ0v) is 9.26. The molecule has 0 spiro atoms. The number of esters is 1. The third-order valence-electron chi connectivity index (χ3n) is 3.57. The maximum atomic E-state index is 11.7. The van der Waals surface area contributed by atoms with Crippen molar-refractivity contribution in [2.45, 2.75) is 26.4 Å². The van der Waals surface area contributed by atoms with Crippen LogP contribution in [0.1, 0.15) is 20.8 Å². The molecule has 1 fully saturated rings. The Kier molecular flexibility index (Phi) is 2.88. The second-order valence-corrected chi connectivity index (χ2v) is 4.48. The topological polar surface area (TPSA) is 58.6 Å². The maximum Gasteiger partial charge on any atom is 0.314 e. The van der Waals surface area contributed by atoms with Crippen molar-refractivity contribution in [3.8, 4) is 0 Å². The minimum atomic E-state index is -0.964. The molecule has 0 saturated carbocycles. The van der Waals surface area contributed by atoms with Gasteiger partial charge >= 0.3 is 5.97 Å². The van der Waals surface area contributed by atoms with E-state index in [0.29, 0.717) is 13.1 Å². The summed E-state index contributed by atoms with van der Waals surface area (Å²) in [5, 5.41) is 13.2. The monoisotopic (exact) mass is 201 g/mol. The van der Waals surface area contributed by atoms with Crippen molar-refractivity contribution in [3.63, 3.8) is 0 Å². The molecule has 4 heteroatoms. The molecular weight excluding hydrogens is 182 g/mol. The van der Waals surface area contributed by atoms with Gasteiger partial charge in [0.1, 0.15) is 5.60 Å². The van der Waals surface area contributed by atoms with Crippen molar-refractivity contribution < 1.29 is 14.6 Å². The van der Waals surface area contributed by atoms with Crippen LogP contribution in [0.2, 0.25) is 0 Å². The van der Waals surface area contributed by atoms with Gasteiger partial charge in [-0.3, -0.25) is 4.79 Å². The Balaban J connectivity index is 2.98. The molecule has 1 rings (SSSR count). The first kappa shape index (κ1) is 11.5. The van der Waals surface area contributed by atoms with Crippen LogP contribution in [0.3, 0.4) is 0 Å². The van der Waals surface area contributed by atoms with Gasteiger partial charge in [0.2, 0.25) is 0 Å².